The van der Waals surface area contributed by atoms with Crippen LogP contribution in [0.2, 0.25) is 0 Å². The smallest absolute Gasteiger partial charge is 0.248 e. The number of aryl methyl sites for hydroxylation is 1. The van der Waals surface area contributed by atoms with E-state index in [-0.39, 0.29) is 18.6 Å². The van der Waals surface area contributed by atoms with Crippen molar-refractivity contribution in [3.8, 4) is 11.5 Å². The monoisotopic (exact) mass is 406 g/mol. The van der Waals surface area contributed by atoms with E-state index < -0.39 is 0 Å². The quantitative estimate of drug-likeness (QED) is 0.723. The second-order valence-corrected chi connectivity index (χ2v) is 8.01. The number of rotatable bonds is 6. The maximum Gasteiger partial charge on any atom is 0.248 e. The van der Waals surface area contributed by atoms with E-state index in [0.717, 1.165) is 35.5 Å². The molecule has 6 nitrogen and oxygen atoms in total. The minimum Gasteiger partial charge on any atom is -0.454 e. The minimum atomic E-state index is -0.212. The minimum absolute atomic E-state index is 0.173. The highest BCUT2D eigenvalue weighted by atomic mass is 16.7. The first-order valence-corrected chi connectivity index (χ1v) is 10.3. The van der Waals surface area contributed by atoms with Gasteiger partial charge >= 0.3 is 0 Å². The van der Waals surface area contributed by atoms with Crippen LogP contribution in [0, 0.1) is 5.92 Å². The number of fused-ring (bicyclic) bond motifs is 2. The van der Waals surface area contributed by atoms with Gasteiger partial charge in [0, 0.05) is 30.4 Å². The van der Waals surface area contributed by atoms with E-state index in [2.05, 4.69) is 19.2 Å². The Morgan fingerprint density at radius 1 is 1.13 bits per heavy atom. The second kappa shape index (κ2) is 8.61. The van der Waals surface area contributed by atoms with Crippen molar-refractivity contribution >= 4 is 29.3 Å². The molecular weight excluding hydrogens is 380 g/mol. The van der Waals surface area contributed by atoms with Crippen LogP contribution in [0.25, 0.3) is 6.08 Å². The highest BCUT2D eigenvalue weighted by molar-refractivity contribution is 6.02. The van der Waals surface area contributed by atoms with Gasteiger partial charge in [-0.2, -0.15) is 0 Å². The van der Waals surface area contributed by atoms with Gasteiger partial charge in [-0.1, -0.05) is 19.9 Å². The van der Waals surface area contributed by atoms with E-state index in [4.69, 9.17) is 9.47 Å². The van der Waals surface area contributed by atoms with Crippen LogP contribution in [0.3, 0.4) is 0 Å². The van der Waals surface area contributed by atoms with Gasteiger partial charge in [0.15, 0.2) is 11.5 Å². The number of nitrogens with zero attached hydrogens (tertiary/aromatic N) is 1. The van der Waals surface area contributed by atoms with Crippen LogP contribution < -0.4 is 19.7 Å². The Hall–Kier alpha value is -3.28. The van der Waals surface area contributed by atoms with Gasteiger partial charge in [-0.25, -0.2) is 0 Å². The number of nitrogens with one attached hydrogen (secondary N) is 1. The van der Waals surface area contributed by atoms with E-state index in [0.29, 0.717) is 30.3 Å². The molecule has 0 saturated heterocycles. The summed E-state index contributed by atoms with van der Waals surface area (Å²) in [5.74, 6) is 1.90. The van der Waals surface area contributed by atoms with Crippen LogP contribution in [0.5, 0.6) is 11.5 Å². The summed E-state index contributed by atoms with van der Waals surface area (Å²) in [6, 6.07) is 11.3. The summed E-state index contributed by atoms with van der Waals surface area (Å²) >= 11 is 0. The zero-order valence-electron chi connectivity index (χ0n) is 17.3. The lowest BCUT2D eigenvalue weighted by Crippen LogP contribution is -2.36. The first-order chi connectivity index (χ1) is 14.5. The summed E-state index contributed by atoms with van der Waals surface area (Å²) in [6.45, 7) is 5.27. The molecule has 0 unspecified atom stereocenters. The number of amides is 2. The number of carbonyl (C=O) groups excluding carboxylic acids is 2. The summed E-state index contributed by atoms with van der Waals surface area (Å²) in [5, 5.41) is 2.91. The molecule has 0 radical (unpaired) electrons. The molecule has 2 aliphatic rings. The summed E-state index contributed by atoms with van der Waals surface area (Å²) in [7, 11) is 0. The van der Waals surface area contributed by atoms with Gasteiger partial charge in [-0.05, 0) is 66.3 Å². The Labute approximate surface area is 176 Å². The molecule has 0 atom stereocenters. The van der Waals surface area contributed by atoms with Gasteiger partial charge in [0.05, 0.1) is 0 Å². The van der Waals surface area contributed by atoms with Gasteiger partial charge in [-0.3, -0.25) is 9.59 Å². The van der Waals surface area contributed by atoms with Crippen LogP contribution in [0.1, 0.15) is 37.8 Å². The van der Waals surface area contributed by atoms with Crippen molar-refractivity contribution in [1.82, 2.24) is 0 Å². The molecule has 0 aromatic heterocycles. The Balaban J connectivity index is 1.42. The molecular formula is C24H26N2O4. The predicted octanol–water partition coefficient (Wildman–Crippen LogP) is 4.39. The number of ether oxygens (including phenoxy) is 2. The fourth-order valence-corrected chi connectivity index (χ4v) is 3.64. The number of hydrogen-bond donors (Lipinski definition) is 1. The molecule has 156 valence electrons. The average Bonchev–Trinajstić information content (AvgIpc) is 3.19. The van der Waals surface area contributed by atoms with Crippen LogP contribution in [-0.4, -0.2) is 25.2 Å². The molecule has 0 aliphatic carbocycles. The molecule has 0 saturated carbocycles. The van der Waals surface area contributed by atoms with Crippen molar-refractivity contribution in [3.05, 3.63) is 53.6 Å². The van der Waals surface area contributed by atoms with Gasteiger partial charge in [0.2, 0.25) is 18.6 Å². The lowest BCUT2D eigenvalue weighted by Gasteiger charge is -2.30. The third-order valence-electron chi connectivity index (χ3n) is 5.30. The number of anilines is 2. The number of carbonyl (C=O) groups is 2. The van der Waals surface area contributed by atoms with Crippen molar-refractivity contribution in [1.29, 1.82) is 0 Å². The van der Waals surface area contributed by atoms with Crippen LogP contribution in [0.15, 0.2) is 42.5 Å². The Morgan fingerprint density at radius 2 is 1.97 bits per heavy atom. The lowest BCUT2D eigenvalue weighted by molar-refractivity contribution is -0.119. The van der Waals surface area contributed by atoms with Gasteiger partial charge in [0.1, 0.15) is 0 Å². The highest BCUT2D eigenvalue weighted by Gasteiger charge is 2.24. The predicted molar refractivity (Wildman–Crippen MR) is 117 cm³/mol. The van der Waals surface area contributed by atoms with E-state index in [1.165, 1.54) is 6.08 Å². The fraction of sp³-hybridized carbons (Fsp3) is 0.333. The SMILES string of the molecule is CC(C)CCN1C(=O)CCc2cc(NC(=O)/C=C/c3ccc4c(c3)OCO4)ccc21. The zero-order chi connectivity index (χ0) is 21.1. The molecule has 0 spiro atoms. The van der Waals surface area contributed by atoms with E-state index >= 15 is 0 Å². The largest absolute Gasteiger partial charge is 0.454 e. The van der Waals surface area contributed by atoms with Crippen LogP contribution >= 0.6 is 0 Å². The highest BCUT2D eigenvalue weighted by Crippen LogP contribution is 2.33. The Bertz CT molecular complexity index is 997. The lowest BCUT2D eigenvalue weighted by atomic mass is 9.99. The molecule has 6 heteroatoms. The standard InChI is InChI=1S/C24H26N2O4/c1-16(2)11-12-26-20-7-6-19(14-18(20)5-10-24(26)28)25-23(27)9-4-17-3-8-21-22(13-17)30-15-29-21/h3-4,6-9,13-14,16H,5,10-12,15H2,1-2H3,(H,25,27)/b9-4+. The maximum atomic E-state index is 12.4. The Kier molecular flexibility index (Phi) is 5.74. The molecule has 2 aromatic carbocycles. The molecule has 2 heterocycles. The third kappa shape index (κ3) is 4.48. The van der Waals surface area contributed by atoms with Crippen molar-refractivity contribution in [2.24, 2.45) is 5.92 Å². The molecule has 2 aliphatic heterocycles. The van der Waals surface area contributed by atoms with Gasteiger partial charge in [-0.15, -0.1) is 0 Å². The third-order valence-corrected chi connectivity index (χ3v) is 5.30. The van der Waals surface area contributed by atoms with Crippen molar-refractivity contribution < 1.29 is 19.1 Å². The normalized spacial score (nSPS) is 15.0. The number of hydrogen-bond acceptors (Lipinski definition) is 4. The number of benzene rings is 2. The average molecular weight is 406 g/mol. The molecule has 0 fully saturated rings. The van der Waals surface area contributed by atoms with E-state index in [1.54, 1.807) is 6.08 Å². The summed E-state index contributed by atoms with van der Waals surface area (Å²) in [5.41, 5.74) is 3.64. The van der Waals surface area contributed by atoms with Gasteiger partial charge < -0.3 is 19.7 Å². The molecule has 4 rings (SSSR count). The van der Waals surface area contributed by atoms with Crippen molar-refractivity contribution in [2.45, 2.75) is 33.1 Å². The molecule has 0 bridgehead atoms. The zero-order valence-corrected chi connectivity index (χ0v) is 17.3. The molecule has 2 amide bonds. The summed E-state index contributed by atoms with van der Waals surface area (Å²) < 4.78 is 10.7. The maximum absolute atomic E-state index is 12.4. The summed E-state index contributed by atoms with van der Waals surface area (Å²) in [6.07, 6.45) is 5.40. The summed E-state index contributed by atoms with van der Waals surface area (Å²) in [4.78, 5) is 26.6. The van der Waals surface area contributed by atoms with Crippen molar-refractivity contribution in [3.63, 3.8) is 0 Å². The van der Waals surface area contributed by atoms with E-state index in [1.807, 2.05) is 41.3 Å². The first kappa shape index (κ1) is 20.0. The Morgan fingerprint density at radius 3 is 2.80 bits per heavy atom. The van der Waals surface area contributed by atoms with Crippen LogP contribution in [-0.2, 0) is 16.0 Å². The van der Waals surface area contributed by atoms with Gasteiger partial charge in [0.25, 0.3) is 0 Å². The van der Waals surface area contributed by atoms with E-state index in [9.17, 15) is 9.59 Å². The van der Waals surface area contributed by atoms with Crippen molar-refractivity contribution in [2.75, 3.05) is 23.6 Å². The second-order valence-electron chi connectivity index (χ2n) is 8.01. The topological polar surface area (TPSA) is 67.9 Å². The molecule has 2 aromatic rings. The molecule has 1 N–H and O–H groups in total. The van der Waals surface area contributed by atoms with Crippen LogP contribution in [0.4, 0.5) is 11.4 Å². The molecule has 30 heavy (non-hydrogen) atoms. The first-order valence-electron chi connectivity index (χ1n) is 10.3. The fourth-order valence-electron chi connectivity index (χ4n) is 3.64.